The first-order valence-electron chi connectivity index (χ1n) is 10.2. The molecule has 0 radical (unpaired) electrons. The number of rotatable bonds is 9. The quantitative estimate of drug-likeness (QED) is 0.195. The van der Waals surface area contributed by atoms with Crippen molar-refractivity contribution in [2.45, 2.75) is 6.10 Å². The van der Waals surface area contributed by atoms with Crippen LogP contribution in [0.15, 0.2) is 60.7 Å². The molecule has 0 aliphatic rings. The zero-order valence-electron chi connectivity index (χ0n) is 17.6. The van der Waals surface area contributed by atoms with E-state index < -0.39 is 16.1 Å². The number of ether oxygens (including phenoxy) is 1. The monoisotopic (exact) mass is 454 g/mol. The van der Waals surface area contributed by atoms with Gasteiger partial charge in [0.15, 0.2) is 0 Å². The van der Waals surface area contributed by atoms with Gasteiger partial charge in [0.1, 0.15) is 12.4 Å². The standard InChI is InChI=1S/C23H26N4O4S/c1-32(29,30)27-17-4-2-3-15(11-17)23(28)14-25-9-10-31-18-6-8-20-19-7-5-16(24)12-21(19)26-22(20)13-18/h2-8,11-13,23,25-28H,9-10,14,24H2,1H3. The van der Waals surface area contributed by atoms with E-state index in [-0.39, 0.29) is 0 Å². The van der Waals surface area contributed by atoms with Gasteiger partial charge in [-0.25, -0.2) is 8.42 Å². The number of aliphatic hydroxyl groups excluding tert-OH is 1. The molecule has 9 heteroatoms. The maximum atomic E-state index is 11.4. The fourth-order valence-corrected chi connectivity index (χ4v) is 4.17. The van der Waals surface area contributed by atoms with Crippen molar-refractivity contribution in [2.75, 3.05) is 36.4 Å². The van der Waals surface area contributed by atoms with E-state index in [9.17, 15) is 13.5 Å². The van der Waals surface area contributed by atoms with Gasteiger partial charge in [0.2, 0.25) is 10.0 Å². The smallest absolute Gasteiger partial charge is 0.229 e. The van der Waals surface area contributed by atoms with Gasteiger partial charge in [0, 0.05) is 46.8 Å². The lowest BCUT2D eigenvalue weighted by Crippen LogP contribution is -2.26. The fourth-order valence-electron chi connectivity index (χ4n) is 3.62. The van der Waals surface area contributed by atoms with Gasteiger partial charge in [0.25, 0.3) is 0 Å². The lowest BCUT2D eigenvalue weighted by Gasteiger charge is -2.14. The molecule has 168 valence electrons. The summed E-state index contributed by atoms with van der Waals surface area (Å²) in [5, 5.41) is 15.8. The highest BCUT2D eigenvalue weighted by atomic mass is 32.2. The second-order valence-electron chi connectivity index (χ2n) is 7.71. The number of benzene rings is 3. The van der Waals surface area contributed by atoms with Crippen LogP contribution < -0.4 is 20.5 Å². The highest BCUT2D eigenvalue weighted by molar-refractivity contribution is 7.92. The van der Waals surface area contributed by atoms with Crippen molar-refractivity contribution in [3.8, 4) is 5.75 Å². The number of hydrogen-bond donors (Lipinski definition) is 5. The topological polar surface area (TPSA) is 129 Å². The van der Waals surface area contributed by atoms with E-state index in [0.717, 1.165) is 33.8 Å². The largest absolute Gasteiger partial charge is 0.492 e. The number of aromatic nitrogens is 1. The molecule has 0 spiro atoms. The molecule has 8 nitrogen and oxygen atoms in total. The summed E-state index contributed by atoms with van der Waals surface area (Å²) in [6, 6.07) is 18.4. The normalized spacial score (nSPS) is 12.8. The summed E-state index contributed by atoms with van der Waals surface area (Å²) in [5.74, 6) is 0.749. The van der Waals surface area contributed by atoms with Crippen LogP contribution in [0.5, 0.6) is 5.75 Å². The molecule has 0 amide bonds. The summed E-state index contributed by atoms with van der Waals surface area (Å²) < 4.78 is 31.0. The maximum Gasteiger partial charge on any atom is 0.229 e. The Balaban J connectivity index is 1.28. The Morgan fingerprint density at radius 3 is 2.59 bits per heavy atom. The first-order valence-corrected chi connectivity index (χ1v) is 12.1. The van der Waals surface area contributed by atoms with Crippen LogP contribution in [0.25, 0.3) is 21.8 Å². The molecule has 32 heavy (non-hydrogen) atoms. The molecule has 0 aliphatic heterocycles. The summed E-state index contributed by atoms with van der Waals surface area (Å²) in [4.78, 5) is 3.36. The molecule has 1 atom stereocenters. The van der Waals surface area contributed by atoms with Crippen molar-refractivity contribution < 1.29 is 18.3 Å². The van der Waals surface area contributed by atoms with E-state index in [1.54, 1.807) is 24.3 Å². The Labute approximate surface area is 186 Å². The predicted molar refractivity (Wildman–Crippen MR) is 128 cm³/mol. The van der Waals surface area contributed by atoms with Crippen molar-refractivity contribution in [1.82, 2.24) is 10.3 Å². The minimum Gasteiger partial charge on any atom is -0.492 e. The molecule has 6 N–H and O–H groups in total. The first-order chi connectivity index (χ1) is 15.3. The Bertz CT molecular complexity index is 1350. The number of nitrogen functional groups attached to an aromatic ring is 1. The minimum atomic E-state index is -3.37. The summed E-state index contributed by atoms with van der Waals surface area (Å²) in [6.45, 7) is 1.29. The fraction of sp³-hybridized carbons (Fsp3) is 0.217. The van der Waals surface area contributed by atoms with Crippen LogP contribution >= 0.6 is 0 Å². The number of hydrogen-bond acceptors (Lipinski definition) is 6. The highest BCUT2D eigenvalue weighted by Gasteiger charge is 2.10. The number of H-pyrrole nitrogens is 1. The molecule has 0 fully saturated rings. The van der Waals surface area contributed by atoms with Gasteiger partial charge >= 0.3 is 0 Å². The molecule has 1 aromatic heterocycles. The Hall–Kier alpha value is -3.27. The van der Waals surface area contributed by atoms with E-state index in [4.69, 9.17) is 10.5 Å². The van der Waals surface area contributed by atoms with Crippen molar-refractivity contribution in [3.63, 3.8) is 0 Å². The van der Waals surface area contributed by atoms with Crippen LogP contribution in [-0.2, 0) is 10.0 Å². The van der Waals surface area contributed by atoms with Crippen molar-refractivity contribution in [1.29, 1.82) is 0 Å². The number of sulfonamides is 1. The van der Waals surface area contributed by atoms with Crippen LogP contribution in [0.3, 0.4) is 0 Å². The average Bonchev–Trinajstić information content (AvgIpc) is 3.08. The SMILES string of the molecule is CS(=O)(=O)Nc1cccc(C(O)CNCCOc2ccc3c(c2)[nH]c2cc(N)ccc23)c1. The van der Waals surface area contributed by atoms with Crippen LogP contribution in [0.1, 0.15) is 11.7 Å². The van der Waals surface area contributed by atoms with E-state index in [1.165, 1.54) is 0 Å². The van der Waals surface area contributed by atoms with Crippen LogP contribution in [0.2, 0.25) is 0 Å². The molecule has 4 aromatic rings. The van der Waals surface area contributed by atoms with Crippen LogP contribution in [0, 0.1) is 0 Å². The van der Waals surface area contributed by atoms with Crippen LogP contribution in [0.4, 0.5) is 11.4 Å². The van der Waals surface area contributed by atoms with Crippen molar-refractivity contribution >= 4 is 43.2 Å². The van der Waals surface area contributed by atoms with E-state index in [1.807, 2.05) is 36.4 Å². The number of aliphatic hydroxyl groups is 1. The zero-order chi connectivity index (χ0) is 22.7. The van der Waals surface area contributed by atoms with Gasteiger partial charge in [-0.2, -0.15) is 0 Å². The maximum absolute atomic E-state index is 11.4. The molecule has 0 saturated carbocycles. The third-order valence-corrected chi connectivity index (χ3v) is 5.66. The number of nitrogens with two attached hydrogens (primary N) is 1. The summed E-state index contributed by atoms with van der Waals surface area (Å²) in [6.07, 6.45) is 0.315. The Kier molecular flexibility index (Phi) is 6.22. The van der Waals surface area contributed by atoms with E-state index >= 15 is 0 Å². The van der Waals surface area contributed by atoms with Gasteiger partial charge in [-0.1, -0.05) is 18.2 Å². The van der Waals surface area contributed by atoms with E-state index in [2.05, 4.69) is 15.0 Å². The van der Waals surface area contributed by atoms with Crippen molar-refractivity contribution in [3.05, 3.63) is 66.2 Å². The molecule has 4 rings (SSSR count). The zero-order valence-corrected chi connectivity index (χ0v) is 18.4. The molecule has 1 heterocycles. The lowest BCUT2D eigenvalue weighted by molar-refractivity contribution is 0.172. The molecular formula is C23H26N4O4S. The number of fused-ring (bicyclic) bond motifs is 3. The highest BCUT2D eigenvalue weighted by Crippen LogP contribution is 2.29. The van der Waals surface area contributed by atoms with Gasteiger partial charge in [0.05, 0.1) is 17.9 Å². The van der Waals surface area contributed by atoms with Crippen molar-refractivity contribution in [2.24, 2.45) is 0 Å². The second-order valence-corrected chi connectivity index (χ2v) is 9.45. The molecule has 3 aromatic carbocycles. The Morgan fingerprint density at radius 2 is 1.81 bits per heavy atom. The number of anilines is 2. The van der Waals surface area contributed by atoms with Gasteiger partial charge in [-0.05, 0) is 42.0 Å². The molecule has 1 unspecified atom stereocenters. The minimum absolute atomic E-state index is 0.314. The van der Waals surface area contributed by atoms with Crippen LogP contribution in [-0.4, -0.2) is 44.5 Å². The third kappa shape index (κ3) is 5.31. The molecule has 0 aliphatic carbocycles. The van der Waals surface area contributed by atoms with Gasteiger partial charge < -0.3 is 25.9 Å². The average molecular weight is 455 g/mol. The molecule has 0 bridgehead atoms. The van der Waals surface area contributed by atoms with Gasteiger partial charge in [-0.3, -0.25) is 4.72 Å². The second kappa shape index (κ2) is 9.07. The van der Waals surface area contributed by atoms with E-state index in [0.29, 0.717) is 36.6 Å². The molecular weight excluding hydrogens is 428 g/mol. The number of nitrogens with one attached hydrogen (secondary N) is 3. The summed E-state index contributed by atoms with van der Waals surface area (Å²) >= 11 is 0. The van der Waals surface area contributed by atoms with Gasteiger partial charge in [-0.15, -0.1) is 0 Å². The number of aromatic amines is 1. The third-order valence-electron chi connectivity index (χ3n) is 5.05. The predicted octanol–water partition coefficient (Wildman–Crippen LogP) is 2.98. The summed E-state index contributed by atoms with van der Waals surface area (Å²) in [7, 11) is -3.37. The first kappa shape index (κ1) is 21.9. The lowest BCUT2D eigenvalue weighted by atomic mass is 10.1. The Morgan fingerprint density at radius 1 is 1.06 bits per heavy atom. The summed E-state index contributed by atoms with van der Waals surface area (Å²) in [5.41, 5.74) is 9.59. The molecule has 0 saturated heterocycles.